The lowest BCUT2D eigenvalue weighted by atomic mass is 9.85. The zero-order chi connectivity index (χ0) is 27.2. The fraction of sp³-hybridized carbons (Fsp3) is 0.179. The average molecular weight is 594 g/mol. The summed E-state index contributed by atoms with van der Waals surface area (Å²) in [6.07, 6.45) is 0. The molecular formula is C28H25BrN4O4S. The van der Waals surface area contributed by atoms with Crippen molar-refractivity contribution in [2.75, 3.05) is 23.5 Å². The average Bonchev–Trinajstić information content (AvgIpc) is 3.34. The maximum Gasteiger partial charge on any atom is 0.254 e. The van der Waals surface area contributed by atoms with E-state index in [0.29, 0.717) is 44.9 Å². The molecule has 0 radical (unpaired) electrons. The molecule has 2 amide bonds. The van der Waals surface area contributed by atoms with E-state index in [9.17, 15) is 14.9 Å². The van der Waals surface area contributed by atoms with E-state index in [-0.39, 0.29) is 17.2 Å². The highest BCUT2D eigenvalue weighted by Crippen LogP contribution is 2.42. The molecule has 1 atom stereocenters. The van der Waals surface area contributed by atoms with Crippen LogP contribution in [0.15, 0.2) is 91.4 Å². The smallest absolute Gasteiger partial charge is 0.254 e. The minimum atomic E-state index is -0.762. The van der Waals surface area contributed by atoms with E-state index in [1.807, 2.05) is 18.2 Å². The second-order valence-electron chi connectivity index (χ2n) is 8.40. The molecule has 38 heavy (non-hydrogen) atoms. The van der Waals surface area contributed by atoms with Gasteiger partial charge in [-0.05, 0) is 62.4 Å². The topological polar surface area (TPSA) is 116 Å². The summed E-state index contributed by atoms with van der Waals surface area (Å²) in [6, 6.07) is 20.1. The number of rotatable bonds is 8. The molecule has 0 fully saturated rings. The van der Waals surface area contributed by atoms with E-state index >= 15 is 0 Å². The van der Waals surface area contributed by atoms with Crippen LogP contribution in [0.3, 0.4) is 0 Å². The fourth-order valence-corrected chi connectivity index (χ4v) is 5.18. The summed E-state index contributed by atoms with van der Waals surface area (Å²) >= 11 is 4.56. The Balaban J connectivity index is 1.61. The van der Waals surface area contributed by atoms with Gasteiger partial charge in [0, 0.05) is 15.9 Å². The van der Waals surface area contributed by atoms with Crippen LogP contribution in [0.5, 0.6) is 5.75 Å². The minimum absolute atomic E-state index is 0.0590. The number of benzene rings is 2. The van der Waals surface area contributed by atoms with Crippen LogP contribution in [0, 0.1) is 18.3 Å². The summed E-state index contributed by atoms with van der Waals surface area (Å²) in [7, 11) is 1.53. The zero-order valence-corrected chi connectivity index (χ0v) is 23.3. The SMILES string of the molecule is COc1ccccc1NC(=O)C1=C(C)NC(SCC(=O)Nc2ccc(Br)cc2)=C(C#N)[C@@H]1c1ccc(C)o1. The van der Waals surface area contributed by atoms with Crippen molar-refractivity contribution in [2.24, 2.45) is 0 Å². The van der Waals surface area contributed by atoms with Crippen LogP contribution < -0.4 is 20.7 Å². The van der Waals surface area contributed by atoms with Gasteiger partial charge >= 0.3 is 0 Å². The van der Waals surface area contributed by atoms with Crippen LogP contribution in [-0.4, -0.2) is 24.7 Å². The second kappa shape index (κ2) is 12.1. The largest absolute Gasteiger partial charge is 0.495 e. The number of halogens is 1. The maximum atomic E-state index is 13.6. The monoisotopic (exact) mass is 592 g/mol. The molecule has 0 aliphatic carbocycles. The Morgan fingerprint density at radius 2 is 1.84 bits per heavy atom. The van der Waals surface area contributed by atoms with E-state index in [4.69, 9.17) is 9.15 Å². The molecular weight excluding hydrogens is 568 g/mol. The number of para-hydroxylation sites is 2. The van der Waals surface area contributed by atoms with Gasteiger partial charge in [0.05, 0.1) is 46.7 Å². The van der Waals surface area contributed by atoms with Gasteiger partial charge in [0.25, 0.3) is 5.91 Å². The van der Waals surface area contributed by atoms with Gasteiger partial charge in [0.1, 0.15) is 17.3 Å². The molecule has 0 bridgehead atoms. The summed E-state index contributed by atoms with van der Waals surface area (Å²) in [6.45, 7) is 3.56. The molecule has 1 aromatic heterocycles. The van der Waals surface area contributed by atoms with Gasteiger partial charge in [-0.2, -0.15) is 5.26 Å². The number of nitrogens with one attached hydrogen (secondary N) is 3. The number of anilines is 2. The molecule has 0 unspecified atom stereocenters. The van der Waals surface area contributed by atoms with Crippen LogP contribution in [0.2, 0.25) is 0 Å². The molecule has 0 spiro atoms. The van der Waals surface area contributed by atoms with Crippen molar-refractivity contribution in [1.82, 2.24) is 5.32 Å². The molecule has 1 aliphatic heterocycles. The van der Waals surface area contributed by atoms with Gasteiger partial charge in [-0.3, -0.25) is 9.59 Å². The molecule has 2 heterocycles. The van der Waals surface area contributed by atoms with Crippen LogP contribution in [-0.2, 0) is 9.59 Å². The van der Waals surface area contributed by atoms with Gasteiger partial charge < -0.3 is 25.1 Å². The maximum absolute atomic E-state index is 13.6. The molecule has 3 aromatic rings. The summed E-state index contributed by atoms with van der Waals surface area (Å²) < 4.78 is 12.2. The number of allylic oxidation sites excluding steroid dienone is 2. The number of carbonyl (C=O) groups excluding carboxylic acids is 2. The van der Waals surface area contributed by atoms with Crippen LogP contribution in [0.1, 0.15) is 24.4 Å². The lowest BCUT2D eigenvalue weighted by molar-refractivity contribution is -0.114. The predicted octanol–water partition coefficient (Wildman–Crippen LogP) is 6.07. The Hall–Kier alpha value is -3.94. The van der Waals surface area contributed by atoms with E-state index in [1.54, 1.807) is 56.3 Å². The lowest BCUT2D eigenvalue weighted by Gasteiger charge is -2.28. The van der Waals surface area contributed by atoms with Gasteiger partial charge in [0.15, 0.2) is 0 Å². The van der Waals surface area contributed by atoms with Crippen molar-refractivity contribution < 1.29 is 18.7 Å². The van der Waals surface area contributed by atoms with Crippen molar-refractivity contribution in [3.8, 4) is 11.8 Å². The fourth-order valence-electron chi connectivity index (χ4n) is 4.03. The number of hydrogen-bond donors (Lipinski definition) is 3. The summed E-state index contributed by atoms with van der Waals surface area (Å²) in [4.78, 5) is 26.2. The third-order valence-corrected chi connectivity index (χ3v) is 7.31. The number of carbonyl (C=O) groups is 2. The molecule has 3 N–H and O–H groups in total. The highest BCUT2D eigenvalue weighted by molar-refractivity contribution is 9.10. The number of nitrogens with zero attached hydrogens (tertiary/aromatic N) is 1. The zero-order valence-electron chi connectivity index (χ0n) is 20.9. The Morgan fingerprint density at radius 3 is 2.50 bits per heavy atom. The van der Waals surface area contributed by atoms with Crippen molar-refractivity contribution >= 4 is 50.9 Å². The van der Waals surface area contributed by atoms with Crippen LogP contribution in [0.4, 0.5) is 11.4 Å². The Labute approximate surface area is 233 Å². The van der Waals surface area contributed by atoms with Crippen molar-refractivity contribution in [3.05, 3.63) is 98.5 Å². The number of nitriles is 1. The minimum Gasteiger partial charge on any atom is -0.495 e. The second-order valence-corrected chi connectivity index (χ2v) is 10.3. The molecule has 194 valence electrons. The molecule has 10 heteroatoms. The molecule has 2 aromatic carbocycles. The number of aryl methyl sites for hydroxylation is 1. The predicted molar refractivity (Wildman–Crippen MR) is 152 cm³/mol. The third-order valence-electron chi connectivity index (χ3n) is 5.77. The number of ether oxygens (including phenoxy) is 1. The van der Waals surface area contributed by atoms with E-state index < -0.39 is 11.8 Å². The third kappa shape index (κ3) is 6.13. The van der Waals surface area contributed by atoms with E-state index in [0.717, 1.165) is 4.47 Å². The van der Waals surface area contributed by atoms with Gasteiger partial charge in [-0.25, -0.2) is 0 Å². The summed E-state index contributed by atoms with van der Waals surface area (Å²) in [5.74, 6) is 0.297. The number of dihydropyridines is 1. The van der Waals surface area contributed by atoms with E-state index in [1.165, 1.54) is 18.9 Å². The van der Waals surface area contributed by atoms with Gasteiger partial charge in [0.2, 0.25) is 5.91 Å². The number of methoxy groups -OCH3 is 1. The first-order valence-corrected chi connectivity index (χ1v) is 13.4. The molecule has 0 saturated carbocycles. The quantitative estimate of drug-likeness (QED) is 0.291. The lowest BCUT2D eigenvalue weighted by Crippen LogP contribution is -2.31. The number of thioether (sulfide) groups is 1. The Kier molecular flexibility index (Phi) is 8.61. The first-order valence-electron chi connectivity index (χ1n) is 11.6. The van der Waals surface area contributed by atoms with Crippen LogP contribution in [0.25, 0.3) is 0 Å². The Morgan fingerprint density at radius 1 is 1.11 bits per heavy atom. The van der Waals surface area contributed by atoms with Crippen molar-refractivity contribution in [2.45, 2.75) is 19.8 Å². The molecule has 0 saturated heterocycles. The van der Waals surface area contributed by atoms with Crippen molar-refractivity contribution in [3.63, 3.8) is 0 Å². The summed E-state index contributed by atoms with van der Waals surface area (Å²) in [5.41, 5.74) is 2.34. The van der Waals surface area contributed by atoms with E-state index in [2.05, 4.69) is 37.9 Å². The standard InChI is InChI=1S/C28H25BrN4O4S/c1-16-8-13-23(37-16)26-20(14-30)28(38-15-24(34)32-19-11-9-18(29)10-12-19)31-17(2)25(26)27(35)33-21-6-4-5-7-22(21)36-3/h4-13,26,31H,15H2,1-3H3,(H,32,34)(H,33,35)/t26-/m1/s1. The highest BCUT2D eigenvalue weighted by Gasteiger charge is 2.37. The van der Waals surface area contributed by atoms with Gasteiger partial charge in [-0.15, -0.1) is 0 Å². The first-order chi connectivity index (χ1) is 18.3. The molecule has 4 rings (SSSR count). The van der Waals surface area contributed by atoms with Crippen LogP contribution >= 0.6 is 27.7 Å². The number of hydrogen-bond acceptors (Lipinski definition) is 7. The molecule has 8 nitrogen and oxygen atoms in total. The Bertz CT molecular complexity index is 1470. The molecule has 1 aliphatic rings. The first kappa shape index (κ1) is 27.1. The summed E-state index contributed by atoms with van der Waals surface area (Å²) in [5, 5.41) is 19.6. The number of amides is 2. The normalized spacial score (nSPS) is 15.0. The number of furan rings is 1. The van der Waals surface area contributed by atoms with Crippen molar-refractivity contribution in [1.29, 1.82) is 5.26 Å². The highest BCUT2D eigenvalue weighted by atomic mass is 79.9. The van der Waals surface area contributed by atoms with Gasteiger partial charge in [-0.1, -0.05) is 39.8 Å².